The topological polar surface area (TPSA) is 26.3 Å². The van der Waals surface area contributed by atoms with Crippen molar-refractivity contribution in [2.75, 3.05) is 0 Å². The van der Waals surface area contributed by atoms with Crippen LogP contribution in [0.4, 0.5) is 0 Å². The van der Waals surface area contributed by atoms with Crippen LogP contribution in [-0.4, -0.2) is 5.97 Å². The Kier molecular flexibility index (Phi) is 3.41. The summed E-state index contributed by atoms with van der Waals surface area (Å²) >= 11 is 4.67. The van der Waals surface area contributed by atoms with Crippen molar-refractivity contribution in [1.82, 2.24) is 0 Å². The summed E-state index contributed by atoms with van der Waals surface area (Å²) in [7, 11) is 0. The Morgan fingerprint density at radius 2 is 2.06 bits per heavy atom. The van der Waals surface area contributed by atoms with E-state index in [1.807, 2.05) is 36.6 Å². The molecule has 0 aliphatic heterocycles. The largest absolute Gasteiger partial charge is 0.422 e. The minimum absolute atomic E-state index is 0.323. The van der Waals surface area contributed by atoms with Crippen LogP contribution in [0.3, 0.4) is 0 Å². The van der Waals surface area contributed by atoms with Crippen molar-refractivity contribution in [3.63, 3.8) is 0 Å². The summed E-state index contributed by atoms with van der Waals surface area (Å²) in [5, 5.41) is 1.85. The molecule has 0 saturated heterocycles. The number of esters is 1. The van der Waals surface area contributed by atoms with Crippen LogP contribution >= 0.6 is 27.3 Å². The van der Waals surface area contributed by atoms with Crippen molar-refractivity contribution >= 4 is 33.2 Å². The maximum atomic E-state index is 11.8. The number of carbonyl (C=O) groups excluding carboxylic acids is 1. The highest BCUT2D eigenvalue weighted by atomic mass is 79.9. The zero-order chi connectivity index (χ0) is 11.5. The fourth-order valence-electron chi connectivity index (χ4n) is 1.26. The average Bonchev–Trinajstić information content (AvgIpc) is 2.68. The van der Waals surface area contributed by atoms with Gasteiger partial charge in [-0.05, 0) is 45.9 Å². The molecule has 0 aliphatic rings. The van der Waals surface area contributed by atoms with E-state index in [9.17, 15) is 4.79 Å². The zero-order valence-electron chi connectivity index (χ0n) is 8.57. The normalized spacial score (nSPS) is 10.1. The van der Waals surface area contributed by atoms with Gasteiger partial charge in [-0.1, -0.05) is 18.2 Å². The summed E-state index contributed by atoms with van der Waals surface area (Å²) in [6, 6.07) is 9.28. The van der Waals surface area contributed by atoms with Gasteiger partial charge in [0.05, 0.1) is 0 Å². The van der Waals surface area contributed by atoms with Crippen LogP contribution in [0, 0.1) is 6.92 Å². The van der Waals surface area contributed by atoms with Gasteiger partial charge in [-0.15, -0.1) is 11.3 Å². The molecule has 16 heavy (non-hydrogen) atoms. The van der Waals surface area contributed by atoms with Crippen LogP contribution in [0.25, 0.3) is 0 Å². The Morgan fingerprint density at radius 3 is 2.69 bits per heavy atom. The minimum Gasteiger partial charge on any atom is -0.422 e. The van der Waals surface area contributed by atoms with Crippen LogP contribution in [0.5, 0.6) is 5.75 Å². The molecular formula is C12H9BrO2S. The number of rotatable bonds is 2. The fourth-order valence-corrected chi connectivity index (χ4v) is 2.66. The summed E-state index contributed by atoms with van der Waals surface area (Å²) < 4.78 is 6.09. The number of aryl methyl sites for hydroxylation is 1. The standard InChI is InChI=1S/C12H9BrO2S/c1-8-4-2-3-5-10(8)15-12(14)11-9(13)6-7-16-11/h2-7H,1H3. The van der Waals surface area contributed by atoms with Crippen molar-refractivity contribution in [2.24, 2.45) is 0 Å². The Morgan fingerprint density at radius 1 is 1.31 bits per heavy atom. The molecule has 2 aromatic rings. The van der Waals surface area contributed by atoms with Crippen LogP contribution in [0.1, 0.15) is 15.2 Å². The molecule has 0 amide bonds. The third-order valence-electron chi connectivity index (χ3n) is 2.10. The highest BCUT2D eigenvalue weighted by Gasteiger charge is 2.14. The molecule has 1 aromatic heterocycles. The maximum absolute atomic E-state index is 11.8. The molecule has 1 aromatic carbocycles. The molecule has 0 aliphatic carbocycles. The number of benzene rings is 1. The molecule has 4 heteroatoms. The molecule has 0 N–H and O–H groups in total. The maximum Gasteiger partial charge on any atom is 0.354 e. The van der Waals surface area contributed by atoms with E-state index in [0.29, 0.717) is 10.6 Å². The van der Waals surface area contributed by atoms with Gasteiger partial charge in [-0.2, -0.15) is 0 Å². The van der Waals surface area contributed by atoms with E-state index >= 15 is 0 Å². The SMILES string of the molecule is Cc1ccccc1OC(=O)c1sccc1Br. The number of thiophene rings is 1. The molecule has 0 unspecified atom stereocenters. The number of carbonyl (C=O) groups is 1. The minimum atomic E-state index is -0.323. The molecule has 0 spiro atoms. The van der Waals surface area contributed by atoms with E-state index in [2.05, 4.69) is 15.9 Å². The summed E-state index contributed by atoms with van der Waals surface area (Å²) in [6.45, 7) is 1.91. The monoisotopic (exact) mass is 296 g/mol. The highest BCUT2D eigenvalue weighted by Crippen LogP contribution is 2.25. The van der Waals surface area contributed by atoms with Gasteiger partial charge < -0.3 is 4.74 Å². The van der Waals surface area contributed by atoms with Crippen molar-refractivity contribution in [1.29, 1.82) is 0 Å². The Labute approximate surface area is 106 Å². The first kappa shape index (κ1) is 11.4. The number of hydrogen-bond acceptors (Lipinski definition) is 3. The molecule has 0 radical (unpaired) electrons. The first-order valence-corrected chi connectivity index (χ1v) is 6.36. The lowest BCUT2D eigenvalue weighted by Gasteiger charge is -2.05. The molecule has 82 valence electrons. The van der Waals surface area contributed by atoms with Crippen LogP contribution in [0.15, 0.2) is 40.2 Å². The molecular weight excluding hydrogens is 288 g/mol. The van der Waals surface area contributed by atoms with Gasteiger partial charge in [0.2, 0.25) is 0 Å². The van der Waals surface area contributed by atoms with Crippen LogP contribution in [-0.2, 0) is 0 Å². The van der Waals surface area contributed by atoms with Gasteiger partial charge in [0, 0.05) is 4.47 Å². The third-order valence-corrected chi connectivity index (χ3v) is 3.92. The van der Waals surface area contributed by atoms with Gasteiger partial charge in [0.15, 0.2) is 0 Å². The van der Waals surface area contributed by atoms with E-state index in [1.165, 1.54) is 11.3 Å². The van der Waals surface area contributed by atoms with Gasteiger partial charge >= 0.3 is 5.97 Å². The zero-order valence-corrected chi connectivity index (χ0v) is 11.0. The number of hydrogen-bond donors (Lipinski definition) is 0. The van der Waals surface area contributed by atoms with E-state index in [0.717, 1.165) is 10.0 Å². The Hall–Kier alpha value is -1.13. The molecule has 1 heterocycles. The second-order valence-electron chi connectivity index (χ2n) is 3.25. The molecule has 0 atom stereocenters. The quantitative estimate of drug-likeness (QED) is 0.618. The number of halogens is 1. The third kappa shape index (κ3) is 2.33. The van der Waals surface area contributed by atoms with Gasteiger partial charge in [0.25, 0.3) is 0 Å². The average molecular weight is 297 g/mol. The number of ether oxygens (including phenoxy) is 1. The smallest absolute Gasteiger partial charge is 0.354 e. The first-order chi connectivity index (χ1) is 7.68. The van der Waals surface area contributed by atoms with E-state index < -0.39 is 0 Å². The Balaban J connectivity index is 2.21. The summed E-state index contributed by atoms with van der Waals surface area (Å²) in [6.07, 6.45) is 0. The van der Waals surface area contributed by atoms with Crippen molar-refractivity contribution in [2.45, 2.75) is 6.92 Å². The van der Waals surface area contributed by atoms with Crippen LogP contribution in [0.2, 0.25) is 0 Å². The lowest BCUT2D eigenvalue weighted by molar-refractivity contribution is 0.0738. The molecule has 0 fully saturated rings. The predicted octanol–water partition coefficient (Wildman–Crippen LogP) is 4.04. The number of para-hydroxylation sites is 1. The lowest BCUT2D eigenvalue weighted by Crippen LogP contribution is -2.07. The lowest BCUT2D eigenvalue weighted by atomic mass is 10.2. The fraction of sp³-hybridized carbons (Fsp3) is 0.0833. The van der Waals surface area contributed by atoms with Gasteiger partial charge in [-0.25, -0.2) is 4.79 Å². The van der Waals surface area contributed by atoms with Crippen molar-refractivity contribution in [3.05, 3.63) is 50.6 Å². The van der Waals surface area contributed by atoms with E-state index in [1.54, 1.807) is 6.07 Å². The summed E-state index contributed by atoms with van der Waals surface area (Å²) in [5.74, 6) is 0.281. The van der Waals surface area contributed by atoms with E-state index in [-0.39, 0.29) is 5.97 Å². The molecule has 2 nitrogen and oxygen atoms in total. The van der Waals surface area contributed by atoms with Gasteiger partial charge in [-0.3, -0.25) is 0 Å². The molecule has 0 saturated carbocycles. The van der Waals surface area contributed by atoms with Crippen LogP contribution < -0.4 is 4.74 Å². The van der Waals surface area contributed by atoms with Crippen molar-refractivity contribution < 1.29 is 9.53 Å². The Bertz CT molecular complexity index is 519. The molecule has 2 rings (SSSR count). The predicted molar refractivity (Wildman–Crippen MR) is 68.2 cm³/mol. The summed E-state index contributed by atoms with van der Waals surface area (Å²) in [5.41, 5.74) is 0.948. The summed E-state index contributed by atoms with van der Waals surface area (Å²) in [4.78, 5) is 12.4. The first-order valence-electron chi connectivity index (χ1n) is 4.69. The second kappa shape index (κ2) is 4.80. The molecule has 0 bridgehead atoms. The van der Waals surface area contributed by atoms with Crippen molar-refractivity contribution in [3.8, 4) is 5.75 Å². The van der Waals surface area contributed by atoms with E-state index in [4.69, 9.17) is 4.74 Å². The second-order valence-corrected chi connectivity index (χ2v) is 5.02. The highest BCUT2D eigenvalue weighted by molar-refractivity contribution is 9.10. The van der Waals surface area contributed by atoms with Gasteiger partial charge in [0.1, 0.15) is 10.6 Å².